The summed E-state index contributed by atoms with van der Waals surface area (Å²) in [5, 5.41) is 16.2. The minimum Gasteiger partial charge on any atom is -0.508 e. The van der Waals surface area contributed by atoms with Crippen molar-refractivity contribution in [3.05, 3.63) is 59.9 Å². The highest BCUT2D eigenvalue weighted by Crippen LogP contribution is 2.15. The lowest BCUT2D eigenvalue weighted by Gasteiger charge is -2.12. The average Bonchev–Trinajstić information content (AvgIpc) is 2.98. The van der Waals surface area contributed by atoms with E-state index in [-0.39, 0.29) is 5.75 Å². The predicted molar refractivity (Wildman–Crippen MR) is 110 cm³/mol. The zero-order valence-corrected chi connectivity index (χ0v) is 15.9. The van der Waals surface area contributed by atoms with Crippen LogP contribution in [0, 0.1) is 6.92 Å². The van der Waals surface area contributed by atoms with Gasteiger partial charge < -0.3 is 20.3 Å². The second-order valence-corrected chi connectivity index (χ2v) is 6.44. The number of fused-ring (bicyclic) bond motifs is 1. The smallest absolute Gasteiger partial charge is 0.191 e. The van der Waals surface area contributed by atoms with E-state index in [1.54, 1.807) is 12.1 Å². The molecule has 0 aliphatic heterocycles. The van der Waals surface area contributed by atoms with Crippen LogP contribution in [0.25, 0.3) is 11.0 Å². The van der Waals surface area contributed by atoms with Gasteiger partial charge in [-0.25, -0.2) is 9.98 Å². The third-order valence-corrected chi connectivity index (χ3v) is 4.37. The Morgan fingerprint density at radius 3 is 2.81 bits per heavy atom. The van der Waals surface area contributed by atoms with Crippen molar-refractivity contribution in [3.63, 3.8) is 0 Å². The SMILES string of the molecule is CCNC(=NCc1cccc(O)c1)NCCCn1c(C)nc2ccccc21. The number of phenolic OH excluding ortho intramolecular Hbond substituents is 1. The van der Waals surface area contributed by atoms with E-state index in [2.05, 4.69) is 37.3 Å². The first-order chi connectivity index (χ1) is 13.2. The van der Waals surface area contributed by atoms with Crippen molar-refractivity contribution in [2.45, 2.75) is 33.4 Å². The Morgan fingerprint density at radius 2 is 2.00 bits per heavy atom. The van der Waals surface area contributed by atoms with Gasteiger partial charge in [0.25, 0.3) is 0 Å². The van der Waals surface area contributed by atoms with Crippen molar-refractivity contribution in [2.75, 3.05) is 13.1 Å². The molecule has 0 aliphatic carbocycles. The molecular weight excluding hydrogens is 338 g/mol. The molecule has 0 radical (unpaired) electrons. The van der Waals surface area contributed by atoms with Gasteiger partial charge in [-0.1, -0.05) is 24.3 Å². The molecule has 0 saturated heterocycles. The van der Waals surface area contributed by atoms with Crippen LogP contribution in [0.5, 0.6) is 5.75 Å². The molecule has 0 amide bonds. The van der Waals surface area contributed by atoms with Crippen LogP contribution in [-0.2, 0) is 13.1 Å². The summed E-state index contributed by atoms with van der Waals surface area (Å²) in [5.74, 6) is 2.09. The zero-order valence-electron chi connectivity index (χ0n) is 15.9. The van der Waals surface area contributed by atoms with E-state index in [9.17, 15) is 5.11 Å². The van der Waals surface area contributed by atoms with Gasteiger partial charge >= 0.3 is 0 Å². The summed E-state index contributed by atoms with van der Waals surface area (Å²) in [6, 6.07) is 15.4. The Bertz CT molecular complexity index is 916. The standard InChI is InChI=1S/C21H27N5O/c1-3-22-21(24-15-17-8-6-9-18(27)14-17)23-12-7-13-26-16(2)25-19-10-4-5-11-20(19)26/h4-6,8-11,14,27H,3,7,12-13,15H2,1-2H3,(H2,22,23,24). The van der Waals surface area contributed by atoms with E-state index in [1.165, 1.54) is 5.52 Å². The Labute approximate surface area is 160 Å². The number of phenols is 1. The molecule has 1 aromatic heterocycles. The van der Waals surface area contributed by atoms with E-state index in [0.717, 1.165) is 48.9 Å². The van der Waals surface area contributed by atoms with Crippen molar-refractivity contribution in [2.24, 2.45) is 4.99 Å². The summed E-state index contributed by atoms with van der Waals surface area (Å²) in [4.78, 5) is 9.20. The van der Waals surface area contributed by atoms with Crippen molar-refractivity contribution in [1.29, 1.82) is 0 Å². The van der Waals surface area contributed by atoms with Crippen LogP contribution in [-0.4, -0.2) is 33.7 Å². The number of aliphatic imine (C=N–C) groups is 1. The van der Waals surface area contributed by atoms with Gasteiger partial charge in [0.1, 0.15) is 11.6 Å². The van der Waals surface area contributed by atoms with Crippen LogP contribution >= 0.6 is 0 Å². The molecule has 2 aromatic carbocycles. The van der Waals surface area contributed by atoms with Crippen LogP contribution in [0.4, 0.5) is 0 Å². The number of benzene rings is 2. The Morgan fingerprint density at radius 1 is 1.15 bits per heavy atom. The molecule has 142 valence electrons. The van der Waals surface area contributed by atoms with Gasteiger partial charge in [-0.15, -0.1) is 0 Å². The molecule has 6 nitrogen and oxygen atoms in total. The second-order valence-electron chi connectivity index (χ2n) is 6.44. The van der Waals surface area contributed by atoms with Crippen LogP contribution in [0.15, 0.2) is 53.5 Å². The molecule has 6 heteroatoms. The highest BCUT2D eigenvalue weighted by atomic mass is 16.3. The van der Waals surface area contributed by atoms with E-state index in [0.29, 0.717) is 6.54 Å². The van der Waals surface area contributed by atoms with Gasteiger partial charge in [-0.3, -0.25) is 0 Å². The Kier molecular flexibility index (Phi) is 6.30. The van der Waals surface area contributed by atoms with Gasteiger partial charge in [0.15, 0.2) is 5.96 Å². The number of nitrogens with zero attached hydrogens (tertiary/aromatic N) is 3. The maximum absolute atomic E-state index is 9.56. The number of hydrogen-bond acceptors (Lipinski definition) is 3. The minimum atomic E-state index is 0.267. The number of rotatable bonds is 7. The lowest BCUT2D eigenvalue weighted by Crippen LogP contribution is -2.38. The van der Waals surface area contributed by atoms with Crippen LogP contribution in [0.3, 0.4) is 0 Å². The van der Waals surface area contributed by atoms with E-state index in [1.807, 2.05) is 38.1 Å². The van der Waals surface area contributed by atoms with Gasteiger partial charge in [-0.2, -0.15) is 0 Å². The number of aryl methyl sites for hydroxylation is 2. The van der Waals surface area contributed by atoms with Crippen LogP contribution in [0.2, 0.25) is 0 Å². The fraction of sp³-hybridized carbons (Fsp3) is 0.333. The average molecular weight is 365 g/mol. The lowest BCUT2D eigenvalue weighted by atomic mass is 10.2. The highest BCUT2D eigenvalue weighted by molar-refractivity contribution is 5.79. The molecule has 0 saturated carbocycles. The number of imidazole rings is 1. The molecule has 0 fully saturated rings. The van der Waals surface area contributed by atoms with Crippen molar-refractivity contribution >= 4 is 17.0 Å². The third kappa shape index (κ3) is 5.00. The molecule has 0 atom stereocenters. The molecule has 27 heavy (non-hydrogen) atoms. The topological polar surface area (TPSA) is 74.5 Å². The fourth-order valence-electron chi connectivity index (χ4n) is 3.09. The minimum absolute atomic E-state index is 0.267. The molecule has 3 N–H and O–H groups in total. The summed E-state index contributed by atoms with van der Waals surface area (Å²) in [6.07, 6.45) is 0.970. The summed E-state index contributed by atoms with van der Waals surface area (Å²) in [7, 11) is 0. The molecule has 1 heterocycles. The Balaban J connectivity index is 1.55. The number of para-hydroxylation sites is 2. The largest absolute Gasteiger partial charge is 0.508 e. The van der Waals surface area contributed by atoms with Gasteiger partial charge in [0.2, 0.25) is 0 Å². The zero-order chi connectivity index (χ0) is 19.1. The maximum Gasteiger partial charge on any atom is 0.191 e. The third-order valence-electron chi connectivity index (χ3n) is 4.37. The molecule has 0 unspecified atom stereocenters. The van der Waals surface area contributed by atoms with Crippen molar-refractivity contribution in [1.82, 2.24) is 20.2 Å². The monoisotopic (exact) mass is 365 g/mol. The van der Waals surface area contributed by atoms with Crippen LogP contribution < -0.4 is 10.6 Å². The normalized spacial score (nSPS) is 11.7. The first-order valence-corrected chi connectivity index (χ1v) is 9.39. The molecule has 0 spiro atoms. The molecule has 0 aliphatic rings. The van der Waals surface area contributed by atoms with Crippen molar-refractivity contribution < 1.29 is 5.11 Å². The first kappa shape index (κ1) is 18.8. The number of nitrogens with one attached hydrogen (secondary N) is 2. The first-order valence-electron chi connectivity index (χ1n) is 9.39. The van der Waals surface area contributed by atoms with E-state index >= 15 is 0 Å². The molecular formula is C21H27N5O. The number of aromatic nitrogens is 2. The van der Waals surface area contributed by atoms with Gasteiger partial charge in [0, 0.05) is 19.6 Å². The van der Waals surface area contributed by atoms with Gasteiger partial charge in [0.05, 0.1) is 17.6 Å². The quantitative estimate of drug-likeness (QED) is 0.341. The second kappa shape index (κ2) is 9.07. The predicted octanol–water partition coefficient (Wildman–Crippen LogP) is 3.20. The summed E-state index contributed by atoms with van der Waals surface area (Å²) < 4.78 is 2.26. The fourth-order valence-corrected chi connectivity index (χ4v) is 3.09. The summed E-state index contributed by atoms with van der Waals surface area (Å²) in [5.41, 5.74) is 3.20. The number of aromatic hydroxyl groups is 1. The number of hydrogen-bond donors (Lipinski definition) is 3. The molecule has 3 aromatic rings. The Hall–Kier alpha value is -3.02. The summed E-state index contributed by atoms with van der Waals surface area (Å²) in [6.45, 7) is 7.15. The lowest BCUT2D eigenvalue weighted by molar-refractivity contribution is 0.474. The van der Waals surface area contributed by atoms with Gasteiger partial charge in [-0.05, 0) is 50.1 Å². The molecule has 3 rings (SSSR count). The highest BCUT2D eigenvalue weighted by Gasteiger charge is 2.06. The van der Waals surface area contributed by atoms with Crippen molar-refractivity contribution in [3.8, 4) is 5.75 Å². The van der Waals surface area contributed by atoms with E-state index < -0.39 is 0 Å². The number of guanidine groups is 1. The van der Waals surface area contributed by atoms with E-state index in [4.69, 9.17) is 0 Å². The summed E-state index contributed by atoms with van der Waals surface area (Å²) >= 11 is 0. The maximum atomic E-state index is 9.56. The van der Waals surface area contributed by atoms with Crippen LogP contribution in [0.1, 0.15) is 24.7 Å². The molecule has 0 bridgehead atoms.